The van der Waals surface area contributed by atoms with Gasteiger partial charge >= 0.3 is 0 Å². The highest BCUT2D eigenvalue weighted by Gasteiger charge is 2.46. The van der Waals surface area contributed by atoms with Crippen LogP contribution in [-0.2, 0) is 17.6 Å². The maximum Gasteiger partial charge on any atom is 0.256 e. The first-order chi connectivity index (χ1) is 13.7. The molecule has 1 aliphatic heterocycles. The monoisotopic (exact) mass is 368 g/mol. The SMILES string of the molecule is CC(c1ccccc1)N1C=NC(Cc2ccccc2)(Cc2ccccc2)C1=O. The van der Waals surface area contributed by atoms with Crippen molar-refractivity contribution in [2.45, 2.75) is 31.3 Å². The minimum absolute atomic E-state index is 0.0501. The highest BCUT2D eigenvalue weighted by molar-refractivity contribution is 6.01. The first-order valence-electron chi connectivity index (χ1n) is 9.69. The largest absolute Gasteiger partial charge is 0.294 e. The van der Waals surface area contributed by atoms with Gasteiger partial charge in [-0.2, -0.15) is 0 Å². The van der Waals surface area contributed by atoms with Crippen LogP contribution in [0.1, 0.15) is 29.7 Å². The molecule has 1 unspecified atom stereocenters. The van der Waals surface area contributed by atoms with E-state index in [4.69, 9.17) is 4.99 Å². The molecule has 0 spiro atoms. The Balaban J connectivity index is 1.66. The molecule has 0 fully saturated rings. The number of carbonyl (C=O) groups excluding carboxylic acids is 1. The fourth-order valence-corrected chi connectivity index (χ4v) is 3.86. The number of hydrogen-bond acceptors (Lipinski definition) is 2. The van der Waals surface area contributed by atoms with E-state index in [-0.39, 0.29) is 11.9 Å². The molecule has 1 heterocycles. The molecule has 0 saturated heterocycles. The van der Waals surface area contributed by atoms with Crippen LogP contribution in [0.15, 0.2) is 96.0 Å². The van der Waals surface area contributed by atoms with Crippen molar-refractivity contribution in [2.75, 3.05) is 0 Å². The zero-order chi connectivity index (χ0) is 19.4. The van der Waals surface area contributed by atoms with Crippen molar-refractivity contribution in [3.8, 4) is 0 Å². The van der Waals surface area contributed by atoms with Gasteiger partial charge in [-0.1, -0.05) is 91.0 Å². The average molecular weight is 368 g/mol. The molecule has 3 aromatic rings. The second-order valence-corrected chi connectivity index (χ2v) is 7.40. The van der Waals surface area contributed by atoms with Crippen molar-refractivity contribution in [3.05, 3.63) is 108 Å². The van der Waals surface area contributed by atoms with E-state index in [1.165, 1.54) is 0 Å². The summed E-state index contributed by atoms with van der Waals surface area (Å²) >= 11 is 0. The van der Waals surface area contributed by atoms with Crippen molar-refractivity contribution < 1.29 is 4.79 Å². The molecule has 0 bridgehead atoms. The molecule has 0 N–H and O–H groups in total. The van der Waals surface area contributed by atoms with Crippen LogP contribution >= 0.6 is 0 Å². The van der Waals surface area contributed by atoms with Crippen LogP contribution in [-0.4, -0.2) is 22.7 Å². The molecular formula is C25H24N2O. The molecule has 3 aromatic carbocycles. The van der Waals surface area contributed by atoms with Gasteiger partial charge in [0.1, 0.15) is 5.54 Å². The van der Waals surface area contributed by atoms with Crippen LogP contribution in [0.25, 0.3) is 0 Å². The number of nitrogens with zero attached hydrogens (tertiary/aromatic N) is 2. The lowest BCUT2D eigenvalue weighted by Crippen LogP contribution is -2.45. The van der Waals surface area contributed by atoms with Gasteiger partial charge in [-0.15, -0.1) is 0 Å². The van der Waals surface area contributed by atoms with Crippen molar-refractivity contribution in [2.24, 2.45) is 4.99 Å². The second-order valence-electron chi connectivity index (χ2n) is 7.40. The van der Waals surface area contributed by atoms with Gasteiger partial charge in [-0.25, -0.2) is 0 Å². The number of amides is 1. The van der Waals surface area contributed by atoms with Crippen LogP contribution < -0.4 is 0 Å². The van der Waals surface area contributed by atoms with E-state index >= 15 is 0 Å². The average Bonchev–Trinajstić information content (AvgIpc) is 3.05. The van der Waals surface area contributed by atoms with E-state index in [1.54, 1.807) is 11.2 Å². The summed E-state index contributed by atoms with van der Waals surface area (Å²) in [5.41, 5.74) is 2.56. The molecule has 1 aliphatic rings. The quantitative estimate of drug-likeness (QED) is 0.613. The smallest absolute Gasteiger partial charge is 0.256 e. The Morgan fingerprint density at radius 3 is 1.75 bits per heavy atom. The standard InChI is InChI=1S/C25H24N2O/c1-20(23-15-9-4-10-16-23)27-19-26-25(24(27)28,17-21-11-5-2-6-12-21)18-22-13-7-3-8-14-22/h2-16,19-20H,17-18H2,1H3. The van der Waals surface area contributed by atoms with Crippen LogP contribution in [0.3, 0.4) is 0 Å². The highest BCUT2D eigenvalue weighted by Crippen LogP contribution is 2.33. The Morgan fingerprint density at radius 2 is 1.25 bits per heavy atom. The summed E-state index contributed by atoms with van der Waals surface area (Å²) < 4.78 is 0. The van der Waals surface area contributed by atoms with E-state index in [0.29, 0.717) is 12.8 Å². The molecule has 0 radical (unpaired) electrons. The zero-order valence-corrected chi connectivity index (χ0v) is 16.0. The number of rotatable bonds is 6. The Bertz CT molecular complexity index is 910. The molecule has 28 heavy (non-hydrogen) atoms. The summed E-state index contributed by atoms with van der Waals surface area (Å²) in [6, 6.07) is 30.4. The van der Waals surface area contributed by atoms with Crippen LogP contribution in [0.4, 0.5) is 0 Å². The number of carbonyl (C=O) groups is 1. The van der Waals surface area contributed by atoms with Crippen molar-refractivity contribution in [3.63, 3.8) is 0 Å². The minimum Gasteiger partial charge on any atom is -0.294 e. The lowest BCUT2D eigenvalue weighted by atomic mass is 9.84. The predicted octanol–water partition coefficient (Wildman–Crippen LogP) is 4.84. The summed E-state index contributed by atoms with van der Waals surface area (Å²) in [5.74, 6) is 0.0663. The van der Waals surface area contributed by atoms with Crippen LogP contribution in [0.5, 0.6) is 0 Å². The predicted molar refractivity (Wildman–Crippen MR) is 113 cm³/mol. The Hall–Kier alpha value is -3.20. The fraction of sp³-hybridized carbons (Fsp3) is 0.200. The molecule has 0 saturated carbocycles. The van der Waals surface area contributed by atoms with Crippen molar-refractivity contribution >= 4 is 12.2 Å². The van der Waals surface area contributed by atoms with Gasteiger partial charge in [0.05, 0.1) is 12.4 Å². The molecule has 1 amide bonds. The van der Waals surface area contributed by atoms with E-state index in [1.807, 2.05) is 54.6 Å². The molecule has 1 atom stereocenters. The molecule has 140 valence electrons. The highest BCUT2D eigenvalue weighted by atomic mass is 16.2. The van der Waals surface area contributed by atoms with Gasteiger partial charge in [0.2, 0.25) is 0 Å². The minimum atomic E-state index is -0.800. The maximum atomic E-state index is 13.7. The summed E-state index contributed by atoms with van der Waals surface area (Å²) in [7, 11) is 0. The molecule has 3 heteroatoms. The molecule has 0 aliphatic carbocycles. The summed E-state index contributed by atoms with van der Waals surface area (Å²) in [5, 5.41) is 0. The van der Waals surface area contributed by atoms with Crippen molar-refractivity contribution in [1.29, 1.82) is 0 Å². The molecular weight excluding hydrogens is 344 g/mol. The first-order valence-corrected chi connectivity index (χ1v) is 9.69. The van der Waals surface area contributed by atoms with Gasteiger partial charge in [0.15, 0.2) is 0 Å². The fourth-order valence-electron chi connectivity index (χ4n) is 3.86. The van der Waals surface area contributed by atoms with Gasteiger partial charge in [0, 0.05) is 12.8 Å². The zero-order valence-electron chi connectivity index (χ0n) is 16.0. The van der Waals surface area contributed by atoms with Crippen LogP contribution in [0.2, 0.25) is 0 Å². The third kappa shape index (κ3) is 3.61. The van der Waals surface area contributed by atoms with E-state index < -0.39 is 5.54 Å². The molecule has 4 rings (SSSR count). The number of hydrogen-bond donors (Lipinski definition) is 0. The van der Waals surface area contributed by atoms with E-state index in [0.717, 1.165) is 16.7 Å². The first kappa shape index (κ1) is 18.2. The normalized spacial score (nSPS) is 16.3. The van der Waals surface area contributed by atoms with E-state index in [2.05, 4.69) is 43.3 Å². The lowest BCUT2D eigenvalue weighted by molar-refractivity contribution is -0.132. The Labute approximate surface area is 166 Å². The van der Waals surface area contributed by atoms with Crippen molar-refractivity contribution in [1.82, 2.24) is 4.90 Å². The summed E-state index contributed by atoms with van der Waals surface area (Å²) in [6.45, 7) is 2.06. The summed E-state index contributed by atoms with van der Waals surface area (Å²) in [6.07, 6.45) is 2.93. The maximum absolute atomic E-state index is 13.7. The Kier molecular flexibility index (Phi) is 5.07. The second kappa shape index (κ2) is 7.81. The molecule has 0 aromatic heterocycles. The topological polar surface area (TPSA) is 32.7 Å². The third-order valence-electron chi connectivity index (χ3n) is 5.44. The Morgan fingerprint density at radius 1 is 0.786 bits per heavy atom. The van der Waals surface area contributed by atoms with Gasteiger partial charge in [0.25, 0.3) is 5.91 Å². The third-order valence-corrected chi connectivity index (χ3v) is 5.44. The van der Waals surface area contributed by atoms with Gasteiger partial charge < -0.3 is 0 Å². The number of benzene rings is 3. The summed E-state index contributed by atoms with van der Waals surface area (Å²) in [4.78, 5) is 20.3. The van der Waals surface area contributed by atoms with Gasteiger partial charge in [-0.3, -0.25) is 14.7 Å². The van der Waals surface area contributed by atoms with Crippen LogP contribution in [0, 0.1) is 0 Å². The van der Waals surface area contributed by atoms with E-state index in [9.17, 15) is 4.79 Å². The molecule has 3 nitrogen and oxygen atoms in total. The van der Waals surface area contributed by atoms with Gasteiger partial charge in [-0.05, 0) is 23.6 Å². The number of aliphatic imine (C=N–C) groups is 1. The lowest BCUT2D eigenvalue weighted by Gasteiger charge is -2.29.